The second-order valence-electron chi connectivity index (χ2n) is 10.5. The summed E-state index contributed by atoms with van der Waals surface area (Å²) in [6.45, 7) is -0.0931. The van der Waals surface area contributed by atoms with Gasteiger partial charge in [-0.1, -0.05) is 115 Å². The lowest BCUT2D eigenvalue weighted by molar-refractivity contribution is -0.154. The Kier molecular flexibility index (Phi) is 8.72. The largest absolute Gasteiger partial charge is 0.448 e. The number of carbonyl (C=O) groups excluding carboxylic acids is 2. The Bertz CT molecular complexity index is 1560. The zero-order valence-electron chi connectivity index (χ0n) is 23.4. The maximum atomic E-state index is 14.2. The summed E-state index contributed by atoms with van der Waals surface area (Å²) in [6, 6.07) is 35.3. The van der Waals surface area contributed by atoms with Gasteiger partial charge in [-0.2, -0.15) is 0 Å². The number of hydrogen-bond donors (Lipinski definition) is 3. The van der Waals surface area contributed by atoms with E-state index in [1.807, 2.05) is 103 Å². The Labute approximate surface area is 254 Å². The first kappa shape index (κ1) is 28.9. The third-order valence-corrected chi connectivity index (χ3v) is 9.00. The first-order chi connectivity index (χ1) is 21.0. The van der Waals surface area contributed by atoms with Gasteiger partial charge in [0.15, 0.2) is 6.10 Å². The molecule has 8 heteroatoms. The highest BCUT2D eigenvalue weighted by Crippen LogP contribution is 2.44. The molecule has 1 amide bonds. The summed E-state index contributed by atoms with van der Waals surface area (Å²) < 4.78 is 6.25. The summed E-state index contributed by atoms with van der Waals surface area (Å²) in [5, 5.41) is 23.0. The van der Waals surface area contributed by atoms with Crippen molar-refractivity contribution < 1.29 is 24.5 Å². The van der Waals surface area contributed by atoms with E-state index in [0.29, 0.717) is 17.7 Å². The number of fused-ring (bicyclic) bond motifs is 1. The number of thioether (sulfide) groups is 1. The second kappa shape index (κ2) is 13.0. The quantitative estimate of drug-likeness (QED) is 0.140. The molecule has 0 spiro atoms. The smallest absolute Gasteiger partial charge is 0.356 e. The van der Waals surface area contributed by atoms with Crippen molar-refractivity contribution in [1.29, 1.82) is 0 Å². The van der Waals surface area contributed by atoms with E-state index in [1.54, 1.807) is 12.1 Å². The molecule has 6 rings (SSSR count). The van der Waals surface area contributed by atoms with Crippen LogP contribution in [0.25, 0.3) is 5.57 Å². The molecule has 3 N–H and O–H groups in total. The molecule has 1 fully saturated rings. The normalized spacial score (nSPS) is 18.7. The highest BCUT2D eigenvalue weighted by Gasteiger charge is 2.54. The van der Waals surface area contributed by atoms with Crippen molar-refractivity contribution in [3.63, 3.8) is 0 Å². The number of benzene rings is 4. The topological polar surface area (TPSA) is 99.1 Å². The molecule has 1 unspecified atom stereocenters. The molecule has 0 aromatic heterocycles. The van der Waals surface area contributed by atoms with Crippen LogP contribution in [0.4, 0.5) is 0 Å². The highest BCUT2D eigenvalue weighted by atomic mass is 32.2. The molecule has 2 heterocycles. The number of amides is 1. The van der Waals surface area contributed by atoms with Crippen LogP contribution in [0.15, 0.2) is 121 Å². The SMILES string of the molecule is O=C(OC(c1ccccc1)c1ccccc1)C1=C(c2ccc(CO)cc2)CS[C@@H]2[C@H](NC(O)Cc3ccccc3)C(=O)N12. The van der Waals surface area contributed by atoms with Gasteiger partial charge < -0.3 is 14.9 Å². The van der Waals surface area contributed by atoms with Crippen LogP contribution in [0.3, 0.4) is 0 Å². The van der Waals surface area contributed by atoms with Gasteiger partial charge in [0.25, 0.3) is 0 Å². The summed E-state index contributed by atoms with van der Waals surface area (Å²) in [5.74, 6) is -0.427. The number of hydrogen-bond acceptors (Lipinski definition) is 7. The molecule has 2 aliphatic heterocycles. The number of β-lactam (4-membered cyclic amide) rings is 1. The first-order valence-electron chi connectivity index (χ1n) is 14.2. The van der Waals surface area contributed by atoms with Crippen LogP contribution in [0, 0.1) is 0 Å². The number of esters is 1. The van der Waals surface area contributed by atoms with Gasteiger partial charge in [0.2, 0.25) is 5.91 Å². The first-order valence-corrected chi connectivity index (χ1v) is 15.3. The molecule has 2 aliphatic rings. The Morgan fingerprint density at radius 2 is 1.44 bits per heavy atom. The Balaban J connectivity index is 1.31. The fourth-order valence-electron chi connectivity index (χ4n) is 5.51. The molecule has 0 radical (unpaired) electrons. The molecule has 0 aliphatic carbocycles. The molecular formula is C35H32N2O5S. The summed E-state index contributed by atoms with van der Waals surface area (Å²) in [5.41, 5.74) is 5.01. The second-order valence-corrected chi connectivity index (χ2v) is 11.7. The minimum Gasteiger partial charge on any atom is -0.448 e. The predicted molar refractivity (Wildman–Crippen MR) is 166 cm³/mol. The van der Waals surface area contributed by atoms with Gasteiger partial charge >= 0.3 is 5.97 Å². The van der Waals surface area contributed by atoms with Crippen molar-refractivity contribution in [2.24, 2.45) is 0 Å². The fourth-order valence-corrected chi connectivity index (χ4v) is 6.90. The molecule has 4 aromatic rings. The minimum absolute atomic E-state index is 0.0931. The Morgan fingerprint density at radius 1 is 0.860 bits per heavy atom. The average molecular weight is 593 g/mol. The third-order valence-electron chi connectivity index (χ3n) is 7.72. The Morgan fingerprint density at radius 3 is 2.02 bits per heavy atom. The summed E-state index contributed by atoms with van der Waals surface area (Å²) in [6.07, 6.45) is -1.25. The van der Waals surface area contributed by atoms with E-state index in [-0.39, 0.29) is 23.6 Å². The van der Waals surface area contributed by atoms with Gasteiger partial charge in [-0.15, -0.1) is 11.8 Å². The van der Waals surface area contributed by atoms with Crippen LogP contribution in [0.2, 0.25) is 0 Å². The molecule has 0 saturated carbocycles. The molecule has 0 bridgehead atoms. The van der Waals surface area contributed by atoms with Crippen LogP contribution in [0.5, 0.6) is 0 Å². The maximum Gasteiger partial charge on any atom is 0.356 e. The molecule has 43 heavy (non-hydrogen) atoms. The monoisotopic (exact) mass is 592 g/mol. The van der Waals surface area contributed by atoms with E-state index < -0.39 is 24.3 Å². The molecular weight excluding hydrogens is 560 g/mol. The lowest BCUT2D eigenvalue weighted by atomic mass is 9.97. The van der Waals surface area contributed by atoms with E-state index in [2.05, 4.69) is 5.32 Å². The van der Waals surface area contributed by atoms with E-state index >= 15 is 0 Å². The third kappa shape index (κ3) is 6.14. The van der Waals surface area contributed by atoms with Gasteiger partial charge in [-0.3, -0.25) is 15.0 Å². The van der Waals surface area contributed by atoms with Crippen LogP contribution >= 0.6 is 11.8 Å². The number of ether oxygens (including phenoxy) is 1. The van der Waals surface area contributed by atoms with Gasteiger partial charge in [0, 0.05) is 17.7 Å². The van der Waals surface area contributed by atoms with Crippen molar-refractivity contribution in [1.82, 2.24) is 10.2 Å². The van der Waals surface area contributed by atoms with Crippen molar-refractivity contribution >= 4 is 29.2 Å². The molecule has 218 valence electrons. The predicted octanol–water partition coefficient (Wildman–Crippen LogP) is 4.66. The average Bonchev–Trinajstić information content (AvgIpc) is 3.06. The lowest BCUT2D eigenvalue weighted by Gasteiger charge is -2.50. The minimum atomic E-state index is -0.925. The van der Waals surface area contributed by atoms with Crippen molar-refractivity contribution in [2.75, 3.05) is 5.75 Å². The highest BCUT2D eigenvalue weighted by molar-refractivity contribution is 8.00. The van der Waals surface area contributed by atoms with E-state index in [1.165, 1.54) is 16.7 Å². The van der Waals surface area contributed by atoms with Crippen LogP contribution in [-0.2, 0) is 27.4 Å². The van der Waals surface area contributed by atoms with Gasteiger partial charge in [0.05, 0.1) is 6.61 Å². The standard InChI is InChI=1S/C35H32N2O5S/c38-21-24-16-18-25(19-17-24)28-22-43-34-30(36-29(39)20-23-10-4-1-5-11-23)33(40)37(34)31(28)35(41)42-32(26-12-6-2-7-13-26)27-14-8-3-9-15-27/h1-19,29-30,32,34,36,38-39H,20-22H2/t29?,30-,34-/m1/s1. The number of carbonyl (C=O) groups is 2. The lowest BCUT2D eigenvalue weighted by Crippen LogP contribution is -2.71. The Hall–Kier alpha value is -4.21. The van der Waals surface area contributed by atoms with E-state index in [0.717, 1.165) is 27.8 Å². The summed E-state index contributed by atoms with van der Waals surface area (Å²) in [7, 11) is 0. The maximum absolute atomic E-state index is 14.2. The van der Waals surface area contributed by atoms with Gasteiger partial charge in [-0.25, -0.2) is 4.79 Å². The van der Waals surface area contributed by atoms with Crippen LogP contribution < -0.4 is 5.32 Å². The summed E-state index contributed by atoms with van der Waals surface area (Å²) in [4.78, 5) is 29.3. The zero-order chi connectivity index (χ0) is 29.8. The zero-order valence-corrected chi connectivity index (χ0v) is 24.2. The summed E-state index contributed by atoms with van der Waals surface area (Å²) >= 11 is 1.54. The molecule has 1 saturated heterocycles. The van der Waals surface area contributed by atoms with E-state index in [4.69, 9.17) is 4.74 Å². The fraction of sp³-hybridized carbons (Fsp3) is 0.200. The number of nitrogens with zero attached hydrogens (tertiary/aromatic N) is 1. The van der Waals surface area contributed by atoms with Gasteiger partial charge in [-0.05, 0) is 27.8 Å². The van der Waals surface area contributed by atoms with Crippen molar-refractivity contribution in [3.05, 3.63) is 149 Å². The van der Waals surface area contributed by atoms with Gasteiger partial charge in [0.1, 0.15) is 23.3 Å². The number of aliphatic hydroxyl groups is 2. The molecule has 4 aromatic carbocycles. The number of aliphatic hydroxyl groups excluding tert-OH is 2. The van der Waals surface area contributed by atoms with Crippen LogP contribution in [-0.4, -0.2) is 50.4 Å². The van der Waals surface area contributed by atoms with Crippen LogP contribution in [0.1, 0.15) is 33.9 Å². The van der Waals surface area contributed by atoms with Crippen molar-refractivity contribution in [3.8, 4) is 0 Å². The molecule has 3 atom stereocenters. The van der Waals surface area contributed by atoms with E-state index in [9.17, 15) is 19.8 Å². The van der Waals surface area contributed by atoms with Crippen molar-refractivity contribution in [2.45, 2.75) is 36.8 Å². The number of nitrogens with one attached hydrogen (secondary N) is 1. The number of rotatable bonds is 10. The molecule has 7 nitrogen and oxygen atoms in total.